The van der Waals surface area contributed by atoms with Crippen LogP contribution in [0.3, 0.4) is 0 Å². The van der Waals surface area contributed by atoms with Crippen LogP contribution in [0.1, 0.15) is 124 Å². The van der Waals surface area contributed by atoms with Gasteiger partial charge in [0.25, 0.3) is 0 Å². The van der Waals surface area contributed by atoms with Gasteiger partial charge in [-0.05, 0) is 26.7 Å². The lowest BCUT2D eigenvalue weighted by Crippen LogP contribution is -2.59. The molecule has 0 saturated carbocycles. The number of unbranched alkanes of at least 4 members (excludes halogenated alkanes) is 15. The second-order valence-corrected chi connectivity index (χ2v) is 11.2. The molecule has 0 rings (SSSR count). The van der Waals surface area contributed by atoms with Crippen LogP contribution >= 0.6 is 0 Å². The van der Waals surface area contributed by atoms with Gasteiger partial charge >= 0.3 is 0 Å². The summed E-state index contributed by atoms with van der Waals surface area (Å²) >= 11 is 0. The van der Waals surface area contributed by atoms with Gasteiger partial charge in [-0.3, -0.25) is 4.18 Å². The Morgan fingerprint density at radius 1 is 0.706 bits per heavy atom. The van der Waals surface area contributed by atoms with Crippen LogP contribution in [0.15, 0.2) is 0 Å². The Morgan fingerprint density at radius 3 is 1.21 bits per heavy atom. The monoisotopic (exact) mass is 511 g/mol. The summed E-state index contributed by atoms with van der Waals surface area (Å²) in [6, 6.07) is 0.386. The van der Waals surface area contributed by atoms with Crippen molar-refractivity contribution in [2.75, 3.05) is 33.9 Å². The lowest BCUT2D eigenvalue weighted by Gasteiger charge is -2.44. The van der Waals surface area contributed by atoms with Crippen molar-refractivity contribution in [2.24, 2.45) is 0 Å². The van der Waals surface area contributed by atoms with Crippen molar-refractivity contribution in [1.82, 2.24) is 0 Å². The average Bonchev–Trinajstić information content (AvgIpc) is 2.82. The maximum Gasteiger partial charge on any atom is 0.217 e. The normalized spacial score (nSPS) is 15.3. The second kappa shape index (κ2) is 23.2. The number of hydrogen-bond donors (Lipinski definition) is 2. The predicted molar refractivity (Wildman–Crippen MR) is 140 cm³/mol. The number of aliphatic hydroxyl groups is 2. The summed E-state index contributed by atoms with van der Waals surface area (Å²) in [5.41, 5.74) is 0. The summed E-state index contributed by atoms with van der Waals surface area (Å²) in [4.78, 5) is 0. The Labute approximate surface area is 211 Å². The quantitative estimate of drug-likeness (QED) is 0.0854. The summed E-state index contributed by atoms with van der Waals surface area (Å²) in [5, 5.41) is 19.1. The van der Waals surface area contributed by atoms with E-state index in [1.165, 1.54) is 103 Å². The minimum Gasteiger partial charge on any atom is -0.726 e. The zero-order valence-electron chi connectivity index (χ0n) is 23.0. The van der Waals surface area contributed by atoms with Crippen molar-refractivity contribution in [3.8, 4) is 0 Å². The molecule has 8 heteroatoms. The third-order valence-corrected chi connectivity index (χ3v) is 7.65. The minimum atomic E-state index is -4.41. The SMILES string of the molecule is CCCCCCCCCCCCCCCCCC[N+](C)(C(C)CO)C(C)CO.COS(=O)(=O)[O-]. The minimum absolute atomic E-state index is 0.193. The number of quaternary nitrogens is 1. The molecule has 0 radical (unpaired) electrons. The Balaban J connectivity index is 0. The van der Waals surface area contributed by atoms with E-state index in [1.807, 2.05) is 0 Å². The first-order chi connectivity index (χ1) is 16.1. The van der Waals surface area contributed by atoms with Gasteiger partial charge in [0.2, 0.25) is 10.4 Å². The summed E-state index contributed by atoms with van der Waals surface area (Å²) in [5.74, 6) is 0. The van der Waals surface area contributed by atoms with Crippen molar-refractivity contribution in [1.29, 1.82) is 0 Å². The van der Waals surface area contributed by atoms with Crippen LogP contribution in [0.2, 0.25) is 0 Å². The number of nitrogens with zero attached hydrogens (tertiary/aromatic N) is 1. The summed E-state index contributed by atoms with van der Waals surface area (Å²) in [6.07, 6.45) is 22.3. The first-order valence-corrected chi connectivity index (χ1v) is 15.0. The highest BCUT2D eigenvalue weighted by Gasteiger charge is 2.33. The van der Waals surface area contributed by atoms with Crippen LogP contribution in [0.4, 0.5) is 0 Å². The third kappa shape index (κ3) is 21.1. The zero-order valence-corrected chi connectivity index (χ0v) is 23.8. The number of hydrogen-bond acceptors (Lipinski definition) is 6. The fourth-order valence-corrected chi connectivity index (χ4v) is 4.25. The van der Waals surface area contributed by atoms with Gasteiger partial charge in [-0.1, -0.05) is 96.8 Å². The van der Waals surface area contributed by atoms with Crippen molar-refractivity contribution < 1.29 is 31.8 Å². The molecule has 2 unspecified atom stereocenters. The molecule has 0 amide bonds. The standard InChI is InChI=1S/C25H54NO2.CH4O4S/c1-5-6-7-8-9-10-11-12-13-14-15-16-17-18-19-20-21-26(4,24(2)22-27)25(3)23-28;1-5-6(2,3)4/h24-25,27-28H,5-23H2,1-4H3;1H3,(H,2,3,4)/q+1;/p-1. The Hall–Kier alpha value is -0.250. The van der Waals surface area contributed by atoms with E-state index >= 15 is 0 Å². The van der Waals surface area contributed by atoms with Gasteiger partial charge in [0.15, 0.2) is 0 Å². The Kier molecular flexibility index (Phi) is 24.5. The summed E-state index contributed by atoms with van der Waals surface area (Å²) < 4.78 is 31.8. The number of rotatable bonds is 22. The molecule has 0 heterocycles. The average molecular weight is 512 g/mol. The first-order valence-electron chi connectivity index (χ1n) is 13.7. The van der Waals surface area contributed by atoms with Gasteiger partial charge in [-0.15, -0.1) is 0 Å². The number of aliphatic hydroxyl groups excluding tert-OH is 2. The van der Waals surface area contributed by atoms with E-state index in [-0.39, 0.29) is 25.3 Å². The van der Waals surface area contributed by atoms with Crippen LogP contribution in [-0.2, 0) is 14.6 Å². The zero-order chi connectivity index (χ0) is 26.3. The molecule has 0 aliphatic carbocycles. The maximum atomic E-state index is 9.55. The molecule has 0 aromatic rings. The number of likely N-dealkylation sites (N-methyl/N-ethyl adjacent to an activating group) is 1. The fraction of sp³-hybridized carbons (Fsp3) is 1.00. The van der Waals surface area contributed by atoms with Crippen LogP contribution in [-0.4, -0.2) is 73.7 Å². The van der Waals surface area contributed by atoms with E-state index < -0.39 is 10.4 Å². The van der Waals surface area contributed by atoms with Crippen LogP contribution < -0.4 is 0 Å². The first kappa shape index (κ1) is 35.9. The predicted octanol–water partition coefficient (Wildman–Crippen LogP) is 5.55. The van der Waals surface area contributed by atoms with Gasteiger partial charge in [0.05, 0.1) is 33.9 Å². The lowest BCUT2D eigenvalue weighted by molar-refractivity contribution is -0.953. The van der Waals surface area contributed by atoms with Crippen LogP contribution in [0, 0.1) is 0 Å². The topological polar surface area (TPSA) is 107 Å². The second-order valence-electron chi connectivity index (χ2n) is 10.0. The van der Waals surface area contributed by atoms with Gasteiger partial charge in [-0.2, -0.15) is 0 Å². The highest BCUT2D eigenvalue weighted by Crippen LogP contribution is 2.19. The molecule has 0 bridgehead atoms. The molecule has 0 fully saturated rings. The molecular weight excluding hydrogens is 454 g/mol. The van der Waals surface area contributed by atoms with Crippen molar-refractivity contribution in [3.05, 3.63) is 0 Å². The van der Waals surface area contributed by atoms with Gasteiger partial charge < -0.3 is 19.2 Å². The maximum absolute atomic E-state index is 9.55. The summed E-state index contributed by atoms with van der Waals surface area (Å²) in [6.45, 7) is 7.92. The Morgan fingerprint density at radius 2 is 0.971 bits per heavy atom. The molecule has 2 atom stereocenters. The van der Waals surface area contributed by atoms with Crippen molar-refractivity contribution >= 4 is 10.4 Å². The van der Waals surface area contributed by atoms with Gasteiger partial charge in [0, 0.05) is 0 Å². The highest BCUT2D eigenvalue weighted by atomic mass is 32.3. The molecule has 34 heavy (non-hydrogen) atoms. The summed E-state index contributed by atoms with van der Waals surface area (Å²) in [7, 11) is -1.42. The molecule has 0 aliphatic heterocycles. The molecule has 7 nitrogen and oxygen atoms in total. The van der Waals surface area contributed by atoms with Crippen LogP contribution in [0.5, 0.6) is 0 Å². The van der Waals surface area contributed by atoms with Gasteiger partial charge in [0.1, 0.15) is 12.1 Å². The molecule has 208 valence electrons. The van der Waals surface area contributed by atoms with Crippen molar-refractivity contribution in [3.63, 3.8) is 0 Å². The smallest absolute Gasteiger partial charge is 0.217 e. The Bertz CT molecular complexity index is 519. The molecule has 0 aromatic carbocycles. The van der Waals surface area contributed by atoms with E-state index in [2.05, 4.69) is 32.0 Å². The van der Waals surface area contributed by atoms with E-state index in [9.17, 15) is 23.2 Å². The molecular formula is C26H57NO6S. The van der Waals surface area contributed by atoms with Gasteiger partial charge in [-0.25, -0.2) is 8.42 Å². The fourth-order valence-electron chi connectivity index (χ4n) is 4.25. The molecule has 2 N–H and O–H groups in total. The van der Waals surface area contributed by atoms with E-state index in [4.69, 9.17) is 0 Å². The third-order valence-electron chi connectivity index (χ3n) is 7.24. The van der Waals surface area contributed by atoms with E-state index in [0.717, 1.165) is 18.1 Å². The molecule has 0 aliphatic rings. The lowest BCUT2D eigenvalue weighted by atomic mass is 10.0. The highest BCUT2D eigenvalue weighted by molar-refractivity contribution is 7.80. The molecule has 0 spiro atoms. The molecule has 0 aromatic heterocycles. The largest absolute Gasteiger partial charge is 0.726 e. The van der Waals surface area contributed by atoms with Crippen molar-refractivity contribution in [2.45, 2.75) is 136 Å². The van der Waals surface area contributed by atoms with E-state index in [1.54, 1.807) is 0 Å². The molecule has 0 saturated heterocycles. The van der Waals surface area contributed by atoms with E-state index in [0.29, 0.717) is 0 Å². The van der Waals surface area contributed by atoms with Crippen LogP contribution in [0.25, 0.3) is 0 Å².